The molecule has 2 rings (SSSR count). The first-order valence-corrected chi connectivity index (χ1v) is 7.54. The highest BCUT2D eigenvalue weighted by atomic mass is 32.1. The number of carbonyl (C=O) groups is 2. The minimum absolute atomic E-state index is 0.00274. The number of anilines is 1. The van der Waals surface area contributed by atoms with Crippen molar-refractivity contribution in [2.24, 2.45) is 0 Å². The molecule has 2 aromatic rings. The predicted molar refractivity (Wildman–Crippen MR) is 83.0 cm³/mol. The van der Waals surface area contributed by atoms with Crippen molar-refractivity contribution in [3.8, 4) is 5.75 Å². The lowest BCUT2D eigenvalue weighted by atomic mass is 10.2. The summed E-state index contributed by atoms with van der Waals surface area (Å²) in [4.78, 5) is 24.4. The maximum Gasteiger partial charge on any atom is 0.387 e. The molecule has 1 aromatic heterocycles. The van der Waals surface area contributed by atoms with Gasteiger partial charge < -0.3 is 15.4 Å². The molecule has 0 saturated heterocycles. The average molecular weight is 340 g/mol. The number of thiophene rings is 1. The summed E-state index contributed by atoms with van der Waals surface area (Å²) < 4.78 is 28.3. The molecule has 0 aliphatic rings. The van der Waals surface area contributed by atoms with Gasteiger partial charge in [-0.05, 0) is 42.6 Å². The Hall–Kier alpha value is -2.48. The van der Waals surface area contributed by atoms with E-state index in [9.17, 15) is 18.4 Å². The number of amides is 2. The number of ether oxygens (including phenoxy) is 1. The van der Waals surface area contributed by atoms with Crippen LogP contribution in [0.15, 0.2) is 41.8 Å². The van der Waals surface area contributed by atoms with Gasteiger partial charge in [0.15, 0.2) is 0 Å². The van der Waals surface area contributed by atoms with E-state index in [2.05, 4.69) is 15.4 Å². The van der Waals surface area contributed by atoms with Crippen molar-refractivity contribution in [3.63, 3.8) is 0 Å². The summed E-state index contributed by atoms with van der Waals surface area (Å²) in [5.74, 6) is -0.752. The fourth-order valence-electron chi connectivity index (χ4n) is 1.71. The molecule has 0 fully saturated rings. The summed E-state index contributed by atoms with van der Waals surface area (Å²) in [5, 5.41) is 6.92. The van der Waals surface area contributed by atoms with Crippen molar-refractivity contribution < 1.29 is 23.1 Å². The third kappa shape index (κ3) is 5.03. The van der Waals surface area contributed by atoms with Gasteiger partial charge in [-0.2, -0.15) is 8.78 Å². The zero-order chi connectivity index (χ0) is 16.8. The van der Waals surface area contributed by atoms with Gasteiger partial charge in [-0.1, -0.05) is 6.07 Å². The minimum atomic E-state index is -2.90. The Morgan fingerprint density at radius 3 is 2.43 bits per heavy atom. The Morgan fingerprint density at radius 2 is 1.87 bits per heavy atom. The number of rotatable bonds is 6. The fraction of sp³-hybridized carbons (Fsp3) is 0.200. The number of hydrogen-bond acceptors (Lipinski definition) is 4. The van der Waals surface area contributed by atoms with Crippen molar-refractivity contribution >= 4 is 28.8 Å². The van der Waals surface area contributed by atoms with Gasteiger partial charge >= 0.3 is 6.61 Å². The lowest BCUT2D eigenvalue weighted by Crippen LogP contribution is -2.41. The van der Waals surface area contributed by atoms with Gasteiger partial charge in [-0.15, -0.1) is 11.3 Å². The molecule has 0 spiro atoms. The molecule has 23 heavy (non-hydrogen) atoms. The van der Waals surface area contributed by atoms with E-state index in [1.54, 1.807) is 24.4 Å². The van der Waals surface area contributed by atoms with Gasteiger partial charge in [0.05, 0.1) is 4.88 Å². The summed E-state index contributed by atoms with van der Waals surface area (Å²) in [6.07, 6.45) is 0. The standard InChI is InChI=1S/C15H14F2N2O3S/c1-9(18-14(21)12-3-2-8-23-12)13(20)19-10-4-6-11(7-5-10)22-15(16)17/h2-9,15H,1H3,(H,18,21)(H,19,20). The molecule has 2 N–H and O–H groups in total. The highest BCUT2D eigenvalue weighted by Crippen LogP contribution is 2.17. The second-order valence-corrected chi connectivity index (χ2v) is 5.51. The topological polar surface area (TPSA) is 67.4 Å². The Morgan fingerprint density at radius 1 is 1.17 bits per heavy atom. The van der Waals surface area contributed by atoms with E-state index in [0.717, 1.165) is 0 Å². The molecule has 1 aromatic carbocycles. The molecule has 0 radical (unpaired) electrons. The number of benzene rings is 1. The van der Waals surface area contributed by atoms with Crippen LogP contribution in [0.2, 0.25) is 0 Å². The van der Waals surface area contributed by atoms with E-state index >= 15 is 0 Å². The average Bonchev–Trinajstić information content (AvgIpc) is 3.03. The predicted octanol–water partition coefficient (Wildman–Crippen LogP) is 3.11. The molecule has 122 valence electrons. The molecule has 5 nitrogen and oxygen atoms in total. The van der Waals surface area contributed by atoms with Crippen LogP contribution in [0, 0.1) is 0 Å². The Bertz CT molecular complexity index is 660. The highest BCUT2D eigenvalue weighted by Gasteiger charge is 2.17. The minimum Gasteiger partial charge on any atom is -0.435 e. The van der Waals surface area contributed by atoms with Gasteiger partial charge in [0, 0.05) is 5.69 Å². The summed E-state index contributed by atoms with van der Waals surface area (Å²) in [6.45, 7) is -1.35. The molecule has 0 saturated carbocycles. The van der Waals surface area contributed by atoms with Gasteiger partial charge in [0.25, 0.3) is 5.91 Å². The Balaban J connectivity index is 1.89. The summed E-state index contributed by atoms with van der Waals surface area (Å²) in [5.41, 5.74) is 0.411. The lowest BCUT2D eigenvalue weighted by Gasteiger charge is -2.14. The van der Waals surface area contributed by atoms with Gasteiger partial charge in [-0.25, -0.2) is 0 Å². The summed E-state index contributed by atoms with van der Waals surface area (Å²) in [6, 6.07) is 8.15. The van der Waals surface area contributed by atoms with Crippen molar-refractivity contribution in [2.45, 2.75) is 19.6 Å². The van der Waals surface area contributed by atoms with Crippen molar-refractivity contribution in [3.05, 3.63) is 46.7 Å². The molecule has 1 unspecified atom stereocenters. The van der Waals surface area contributed by atoms with Crippen LogP contribution in [0.1, 0.15) is 16.6 Å². The number of carbonyl (C=O) groups excluding carboxylic acids is 2. The quantitative estimate of drug-likeness (QED) is 0.849. The van der Waals surface area contributed by atoms with Gasteiger partial charge in [0.1, 0.15) is 11.8 Å². The van der Waals surface area contributed by atoms with Gasteiger partial charge in [-0.3, -0.25) is 9.59 Å². The first-order chi connectivity index (χ1) is 11.0. The van der Waals surface area contributed by atoms with E-state index in [-0.39, 0.29) is 11.7 Å². The fourth-order valence-corrected chi connectivity index (χ4v) is 2.34. The normalized spacial score (nSPS) is 11.8. The summed E-state index contributed by atoms with van der Waals surface area (Å²) in [7, 11) is 0. The van der Waals surface area contributed by atoms with Crippen LogP contribution in [0.5, 0.6) is 5.75 Å². The maximum atomic E-state index is 12.0. The molecule has 0 aliphatic carbocycles. The second kappa shape index (κ2) is 7.68. The Kier molecular flexibility index (Phi) is 5.64. The number of alkyl halides is 2. The smallest absolute Gasteiger partial charge is 0.387 e. The number of halogens is 2. The molecular weight excluding hydrogens is 326 g/mol. The van der Waals surface area contributed by atoms with E-state index in [1.165, 1.54) is 35.6 Å². The van der Waals surface area contributed by atoms with Crippen LogP contribution in [-0.4, -0.2) is 24.5 Å². The third-order valence-electron chi connectivity index (χ3n) is 2.83. The first-order valence-electron chi connectivity index (χ1n) is 6.66. The van der Waals surface area contributed by atoms with Crippen LogP contribution in [0.3, 0.4) is 0 Å². The Labute approximate surface area is 135 Å². The van der Waals surface area contributed by atoms with E-state index in [1.807, 2.05) is 0 Å². The van der Waals surface area contributed by atoms with Crippen LogP contribution in [0.4, 0.5) is 14.5 Å². The van der Waals surface area contributed by atoms with Crippen molar-refractivity contribution in [1.82, 2.24) is 5.32 Å². The van der Waals surface area contributed by atoms with Crippen LogP contribution in [-0.2, 0) is 4.79 Å². The molecule has 8 heteroatoms. The van der Waals surface area contributed by atoms with Crippen LogP contribution in [0.25, 0.3) is 0 Å². The molecule has 1 heterocycles. The van der Waals surface area contributed by atoms with E-state index < -0.39 is 18.6 Å². The molecule has 0 bridgehead atoms. The van der Waals surface area contributed by atoms with Crippen molar-refractivity contribution in [1.29, 1.82) is 0 Å². The maximum absolute atomic E-state index is 12.0. The highest BCUT2D eigenvalue weighted by molar-refractivity contribution is 7.12. The lowest BCUT2D eigenvalue weighted by molar-refractivity contribution is -0.117. The summed E-state index contributed by atoms with van der Waals surface area (Å²) >= 11 is 1.28. The first kappa shape index (κ1) is 16.9. The monoisotopic (exact) mass is 340 g/mol. The molecular formula is C15H14F2N2O3S. The number of nitrogens with one attached hydrogen (secondary N) is 2. The van der Waals surface area contributed by atoms with Crippen LogP contribution >= 0.6 is 11.3 Å². The molecule has 0 aliphatic heterocycles. The zero-order valence-corrected chi connectivity index (χ0v) is 12.9. The third-order valence-corrected chi connectivity index (χ3v) is 3.70. The zero-order valence-electron chi connectivity index (χ0n) is 12.1. The molecule has 1 atom stereocenters. The second-order valence-electron chi connectivity index (χ2n) is 4.56. The number of hydrogen-bond donors (Lipinski definition) is 2. The SMILES string of the molecule is CC(NC(=O)c1cccs1)C(=O)Nc1ccc(OC(F)F)cc1. The van der Waals surface area contributed by atoms with Crippen LogP contribution < -0.4 is 15.4 Å². The van der Waals surface area contributed by atoms with E-state index in [4.69, 9.17) is 0 Å². The van der Waals surface area contributed by atoms with E-state index in [0.29, 0.717) is 10.6 Å². The van der Waals surface area contributed by atoms with Crippen molar-refractivity contribution in [2.75, 3.05) is 5.32 Å². The van der Waals surface area contributed by atoms with Gasteiger partial charge in [0.2, 0.25) is 5.91 Å². The molecule has 2 amide bonds. The largest absolute Gasteiger partial charge is 0.435 e.